The van der Waals surface area contributed by atoms with Gasteiger partial charge in [0.15, 0.2) is 6.10 Å². The molecule has 37 heavy (non-hydrogen) atoms. The Balaban J connectivity index is 1.98. The fraction of sp³-hybridized carbons (Fsp3) is 0.667. The van der Waals surface area contributed by atoms with Gasteiger partial charge in [0.1, 0.15) is 5.60 Å². The highest BCUT2D eigenvalue weighted by Gasteiger charge is 2.49. The zero-order valence-corrected chi connectivity index (χ0v) is 24.0. The first-order valence-electron chi connectivity index (χ1n) is 12.7. The van der Waals surface area contributed by atoms with Crippen LogP contribution in [0.4, 0.5) is 0 Å². The van der Waals surface area contributed by atoms with Crippen LogP contribution in [0, 0.1) is 17.3 Å². The first-order chi connectivity index (χ1) is 17.1. The number of rotatable bonds is 11. The Morgan fingerprint density at radius 3 is 2.41 bits per heavy atom. The van der Waals surface area contributed by atoms with Crippen LogP contribution in [0.25, 0.3) is 0 Å². The third-order valence-electron chi connectivity index (χ3n) is 5.90. The highest BCUT2D eigenvalue weighted by molar-refractivity contribution is 7.54. The zero-order chi connectivity index (χ0) is 27.9. The first kappa shape index (κ1) is 31.0. The average Bonchev–Trinajstić information content (AvgIpc) is 2.78. The Bertz CT molecular complexity index is 970. The van der Waals surface area contributed by atoms with Crippen LogP contribution in [0.15, 0.2) is 30.3 Å². The van der Waals surface area contributed by atoms with Crippen molar-refractivity contribution in [3.63, 3.8) is 0 Å². The molecular weight excluding hydrogens is 497 g/mol. The number of hydrogen-bond donors (Lipinski definition) is 1. The number of hydrogen-bond acceptors (Lipinski definition) is 8. The Morgan fingerprint density at radius 2 is 1.81 bits per heavy atom. The summed E-state index contributed by atoms with van der Waals surface area (Å²) in [6.07, 6.45) is -0.698. The molecule has 2 rings (SSSR count). The fourth-order valence-corrected chi connectivity index (χ4v) is 6.30. The van der Waals surface area contributed by atoms with Crippen LogP contribution >= 0.6 is 7.60 Å². The van der Waals surface area contributed by atoms with E-state index in [1.165, 1.54) is 0 Å². The topological polar surface area (TPSA) is 117 Å². The molecule has 1 aliphatic rings. The maximum atomic E-state index is 13.6. The lowest BCUT2D eigenvalue weighted by molar-refractivity contribution is -0.154. The minimum atomic E-state index is -3.79. The van der Waals surface area contributed by atoms with E-state index in [-0.39, 0.29) is 38.3 Å². The number of nitrogens with one attached hydrogen (secondary N) is 1. The number of carbonyl (C=O) groups is 3. The van der Waals surface area contributed by atoms with Crippen LogP contribution in [0.3, 0.4) is 0 Å². The van der Waals surface area contributed by atoms with Crippen LogP contribution in [0.2, 0.25) is 0 Å². The second-order valence-electron chi connectivity index (χ2n) is 11.4. The van der Waals surface area contributed by atoms with E-state index in [9.17, 15) is 18.9 Å². The Morgan fingerprint density at radius 1 is 1.16 bits per heavy atom. The number of benzene rings is 1. The minimum Gasteiger partial charge on any atom is -0.465 e. The highest BCUT2D eigenvalue weighted by Crippen LogP contribution is 2.58. The standard InChI is InChI=1S/C27H42NO8P/c1-19(2)21(25(31)33-16-14-20-11-9-8-10-12-20)17-37(32)34-18-27(6,7)23(36-37)24(30)28-15-13-22(29)35-26(3,4)5/h8-12,19,21,23H,13-18H2,1-7H3,(H,28,30)/t21-,23-,37-/m0/s1. The number of carbonyl (C=O) groups excluding carboxylic acids is 3. The average molecular weight is 540 g/mol. The zero-order valence-electron chi connectivity index (χ0n) is 23.1. The lowest BCUT2D eigenvalue weighted by Crippen LogP contribution is -2.50. The largest absolute Gasteiger partial charge is 0.465 e. The highest BCUT2D eigenvalue weighted by atomic mass is 31.2. The molecule has 0 unspecified atom stereocenters. The summed E-state index contributed by atoms with van der Waals surface area (Å²) < 4.78 is 35.7. The molecule has 1 aliphatic heterocycles. The number of ether oxygens (including phenoxy) is 2. The van der Waals surface area contributed by atoms with E-state index in [1.807, 2.05) is 44.2 Å². The summed E-state index contributed by atoms with van der Waals surface area (Å²) in [5.74, 6) is -2.31. The van der Waals surface area contributed by atoms with Gasteiger partial charge in [-0.15, -0.1) is 0 Å². The SMILES string of the molecule is CC(C)[C@H](C[P@]1(=O)OCC(C)(C)[C@H](C(=O)NCCC(=O)OC(C)(C)C)O1)C(=O)OCCc1ccccc1. The second-order valence-corrected chi connectivity index (χ2v) is 13.5. The van der Waals surface area contributed by atoms with E-state index in [1.54, 1.807) is 34.6 Å². The lowest BCUT2D eigenvalue weighted by atomic mass is 9.87. The van der Waals surface area contributed by atoms with Crippen LogP contribution in [0.1, 0.15) is 60.5 Å². The fourth-order valence-electron chi connectivity index (χ4n) is 3.77. The molecule has 3 atom stereocenters. The molecule has 1 saturated heterocycles. The maximum absolute atomic E-state index is 13.6. The molecule has 1 amide bonds. The molecule has 1 aromatic rings. The number of amides is 1. The monoisotopic (exact) mass is 539 g/mol. The molecule has 208 valence electrons. The summed E-state index contributed by atoms with van der Waals surface area (Å²) in [6, 6.07) is 9.67. The molecule has 0 bridgehead atoms. The van der Waals surface area contributed by atoms with E-state index in [0.717, 1.165) is 5.56 Å². The van der Waals surface area contributed by atoms with E-state index in [4.69, 9.17) is 18.5 Å². The molecule has 0 aliphatic carbocycles. The molecule has 0 saturated carbocycles. The molecule has 0 spiro atoms. The summed E-state index contributed by atoms with van der Waals surface area (Å²) in [4.78, 5) is 37.7. The molecule has 0 aromatic heterocycles. The molecule has 1 fully saturated rings. The third kappa shape index (κ3) is 10.2. The van der Waals surface area contributed by atoms with E-state index < -0.39 is 48.5 Å². The van der Waals surface area contributed by atoms with Gasteiger partial charge in [0, 0.05) is 18.4 Å². The quantitative estimate of drug-likeness (QED) is 0.322. The normalized spacial score (nSPS) is 22.2. The van der Waals surface area contributed by atoms with Gasteiger partial charge in [-0.2, -0.15) is 0 Å². The van der Waals surface area contributed by atoms with Crippen LogP contribution in [0.5, 0.6) is 0 Å². The predicted octanol–water partition coefficient (Wildman–Crippen LogP) is 4.53. The van der Waals surface area contributed by atoms with Gasteiger partial charge in [-0.25, -0.2) is 0 Å². The van der Waals surface area contributed by atoms with Crippen LogP contribution < -0.4 is 5.32 Å². The van der Waals surface area contributed by atoms with Crippen molar-refractivity contribution >= 4 is 25.4 Å². The van der Waals surface area contributed by atoms with Crippen molar-refractivity contribution in [2.75, 3.05) is 25.9 Å². The van der Waals surface area contributed by atoms with Crippen molar-refractivity contribution in [2.45, 2.75) is 73.0 Å². The van der Waals surface area contributed by atoms with Crippen molar-refractivity contribution in [3.05, 3.63) is 35.9 Å². The second kappa shape index (κ2) is 13.0. The van der Waals surface area contributed by atoms with Gasteiger partial charge < -0.3 is 19.3 Å². The molecule has 9 nitrogen and oxygen atoms in total. The van der Waals surface area contributed by atoms with Crippen molar-refractivity contribution in [1.29, 1.82) is 0 Å². The summed E-state index contributed by atoms with van der Waals surface area (Å²) in [5.41, 5.74) is -0.339. The van der Waals surface area contributed by atoms with Crippen molar-refractivity contribution in [2.24, 2.45) is 17.3 Å². The Kier molecular flexibility index (Phi) is 10.9. The molecule has 0 radical (unpaired) electrons. The predicted molar refractivity (Wildman–Crippen MR) is 140 cm³/mol. The molecule has 10 heteroatoms. The van der Waals surface area contributed by atoms with Crippen LogP contribution in [-0.4, -0.2) is 55.5 Å². The minimum absolute atomic E-state index is 0.00539. The first-order valence-corrected chi connectivity index (χ1v) is 14.5. The van der Waals surface area contributed by atoms with Gasteiger partial charge in [-0.1, -0.05) is 58.0 Å². The van der Waals surface area contributed by atoms with Crippen molar-refractivity contribution < 1.29 is 37.5 Å². The molecule has 1 aromatic carbocycles. The van der Waals surface area contributed by atoms with Gasteiger partial charge in [-0.3, -0.25) is 23.5 Å². The van der Waals surface area contributed by atoms with Gasteiger partial charge in [0.05, 0.1) is 31.7 Å². The van der Waals surface area contributed by atoms with Crippen molar-refractivity contribution in [3.8, 4) is 0 Å². The van der Waals surface area contributed by atoms with E-state index >= 15 is 0 Å². The summed E-state index contributed by atoms with van der Waals surface area (Å²) in [5, 5.41) is 2.67. The Labute approximate surface area is 220 Å². The molecular formula is C27H42NO8P. The van der Waals surface area contributed by atoms with Gasteiger partial charge in [0.25, 0.3) is 0 Å². The molecule has 1 N–H and O–H groups in total. The van der Waals surface area contributed by atoms with E-state index in [0.29, 0.717) is 6.42 Å². The summed E-state index contributed by atoms with van der Waals surface area (Å²) >= 11 is 0. The molecule has 1 heterocycles. The van der Waals surface area contributed by atoms with E-state index in [2.05, 4.69) is 5.32 Å². The van der Waals surface area contributed by atoms with Gasteiger partial charge >= 0.3 is 19.5 Å². The van der Waals surface area contributed by atoms with Gasteiger partial charge in [0.2, 0.25) is 5.91 Å². The lowest BCUT2D eigenvalue weighted by Gasteiger charge is -2.41. The summed E-state index contributed by atoms with van der Waals surface area (Å²) in [6.45, 7) is 12.8. The van der Waals surface area contributed by atoms with Crippen molar-refractivity contribution in [1.82, 2.24) is 5.32 Å². The number of esters is 2. The van der Waals surface area contributed by atoms with Gasteiger partial charge in [-0.05, 0) is 32.3 Å². The van der Waals surface area contributed by atoms with Crippen LogP contribution in [-0.2, 0) is 43.9 Å². The smallest absolute Gasteiger partial charge is 0.332 e. The summed E-state index contributed by atoms with van der Waals surface area (Å²) in [7, 11) is -3.79. The Hall–Kier alpha value is -2.22. The maximum Gasteiger partial charge on any atom is 0.332 e. The third-order valence-corrected chi connectivity index (χ3v) is 7.80.